The third kappa shape index (κ3) is 3.07. The molecule has 0 bridgehead atoms. The Morgan fingerprint density at radius 2 is 1.41 bits per heavy atom. The molecule has 0 aliphatic carbocycles. The molecular weight excluding hydrogens is 294 g/mol. The number of hydrogen-bond donors (Lipinski definition) is 0. The highest BCUT2D eigenvalue weighted by atomic mass is 32.2. The lowest BCUT2D eigenvalue weighted by Gasteiger charge is -2.13. The molecule has 1 aliphatic heterocycles. The standard InChI is InChI=1S/C18H17NO2S/c20-17-15-9-4-5-10-16(15)18(21)19(17)11-6-12-22-13-14-7-2-1-3-8-14/h1-5,7-10H,6,11-13H2. The maximum absolute atomic E-state index is 12.2. The zero-order valence-corrected chi connectivity index (χ0v) is 13.0. The van der Waals surface area contributed by atoms with Gasteiger partial charge in [0, 0.05) is 12.3 Å². The molecule has 0 spiro atoms. The first-order valence-electron chi connectivity index (χ1n) is 7.34. The first-order valence-corrected chi connectivity index (χ1v) is 8.50. The van der Waals surface area contributed by atoms with Crippen molar-refractivity contribution in [2.24, 2.45) is 0 Å². The number of hydrogen-bond acceptors (Lipinski definition) is 3. The van der Waals surface area contributed by atoms with E-state index < -0.39 is 0 Å². The van der Waals surface area contributed by atoms with E-state index >= 15 is 0 Å². The van der Waals surface area contributed by atoms with Crippen LogP contribution in [0.15, 0.2) is 54.6 Å². The predicted molar refractivity (Wildman–Crippen MR) is 89.0 cm³/mol. The van der Waals surface area contributed by atoms with Gasteiger partial charge in [-0.05, 0) is 29.9 Å². The summed E-state index contributed by atoms with van der Waals surface area (Å²) in [6.07, 6.45) is 0.822. The lowest BCUT2D eigenvalue weighted by molar-refractivity contribution is 0.0655. The Balaban J connectivity index is 1.47. The van der Waals surface area contributed by atoms with Crippen molar-refractivity contribution in [3.8, 4) is 0 Å². The number of nitrogens with zero attached hydrogens (tertiary/aromatic N) is 1. The molecule has 2 amide bonds. The zero-order valence-electron chi connectivity index (χ0n) is 12.2. The van der Waals surface area contributed by atoms with Crippen molar-refractivity contribution < 1.29 is 9.59 Å². The lowest BCUT2D eigenvalue weighted by Crippen LogP contribution is -2.31. The smallest absolute Gasteiger partial charge is 0.261 e. The molecule has 0 unspecified atom stereocenters. The highest BCUT2D eigenvalue weighted by molar-refractivity contribution is 7.98. The van der Waals surface area contributed by atoms with Crippen molar-refractivity contribution in [1.29, 1.82) is 0 Å². The van der Waals surface area contributed by atoms with Gasteiger partial charge in [-0.2, -0.15) is 11.8 Å². The number of fused-ring (bicyclic) bond motifs is 1. The molecule has 2 aromatic carbocycles. The first kappa shape index (κ1) is 14.9. The van der Waals surface area contributed by atoms with E-state index in [1.54, 1.807) is 24.3 Å². The van der Waals surface area contributed by atoms with Crippen LogP contribution in [0.1, 0.15) is 32.7 Å². The van der Waals surface area contributed by atoms with Crippen molar-refractivity contribution in [2.45, 2.75) is 12.2 Å². The molecule has 3 rings (SSSR count). The van der Waals surface area contributed by atoms with Crippen molar-refractivity contribution in [3.05, 3.63) is 71.3 Å². The molecule has 0 saturated carbocycles. The number of rotatable bonds is 6. The topological polar surface area (TPSA) is 37.4 Å². The van der Waals surface area contributed by atoms with Crippen LogP contribution in [0.5, 0.6) is 0 Å². The molecule has 4 heteroatoms. The average molecular weight is 311 g/mol. The van der Waals surface area contributed by atoms with Crippen molar-refractivity contribution in [3.63, 3.8) is 0 Å². The molecule has 0 atom stereocenters. The molecule has 22 heavy (non-hydrogen) atoms. The fourth-order valence-electron chi connectivity index (χ4n) is 2.53. The molecule has 0 aromatic heterocycles. The van der Waals surface area contributed by atoms with Gasteiger partial charge in [0.25, 0.3) is 11.8 Å². The van der Waals surface area contributed by atoms with Crippen LogP contribution in [0.3, 0.4) is 0 Å². The Morgan fingerprint density at radius 3 is 2.05 bits per heavy atom. The molecular formula is C18H17NO2S. The van der Waals surface area contributed by atoms with Crippen LogP contribution < -0.4 is 0 Å². The number of carbonyl (C=O) groups excluding carboxylic acids is 2. The van der Waals surface area contributed by atoms with Gasteiger partial charge in [0.2, 0.25) is 0 Å². The molecule has 2 aromatic rings. The SMILES string of the molecule is O=C1c2ccccc2C(=O)N1CCCSCc1ccccc1. The summed E-state index contributed by atoms with van der Waals surface area (Å²) in [6, 6.07) is 17.3. The van der Waals surface area contributed by atoms with Gasteiger partial charge in [-0.15, -0.1) is 0 Å². The maximum Gasteiger partial charge on any atom is 0.261 e. The lowest BCUT2D eigenvalue weighted by atomic mass is 10.1. The number of thioether (sulfide) groups is 1. The van der Waals surface area contributed by atoms with Crippen LogP contribution in [0.4, 0.5) is 0 Å². The minimum Gasteiger partial charge on any atom is -0.274 e. The molecule has 0 fully saturated rings. The van der Waals surface area contributed by atoms with E-state index in [0.29, 0.717) is 17.7 Å². The van der Waals surface area contributed by atoms with E-state index in [1.807, 2.05) is 30.0 Å². The second-order valence-corrected chi connectivity index (χ2v) is 6.30. The Morgan fingerprint density at radius 1 is 0.818 bits per heavy atom. The van der Waals surface area contributed by atoms with Gasteiger partial charge in [0.1, 0.15) is 0 Å². The summed E-state index contributed by atoms with van der Waals surface area (Å²) >= 11 is 1.83. The van der Waals surface area contributed by atoms with Gasteiger partial charge in [0.15, 0.2) is 0 Å². The summed E-state index contributed by atoms with van der Waals surface area (Å²) in [7, 11) is 0. The minimum atomic E-state index is -0.159. The number of benzene rings is 2. The van der Waals surface area contributed by atoms with Gasteiger partial charge >= 0.3 is 0 Å². The van der Waals surface area contributed by atoms with E-state index in [9.17, 15) is 9.59 Å². The third-order valence-electron chi connectivity index (χ3n) is 3.66. The molecule has 0 N–H and O–H groups in total. The van der Waals surface area contributed by atoms with Gasteiger partial charge in [-0.25, -0.2) is 0 Å². The van der Waals surface area contributed by atoms with Crippen LogP contribution >= 0.6 is 11.8 Å². The van der Waals surface area contributed by atoms with E-state index in [-0.39, 0.29) is 11.8 Å². The zero-order chi connectivity index (χ0) is 15.4. The Bertz CT molecular complexity index is 649. The Hall–Kier alpha value is -2.07. The summed E-state index contributed by atoms with van der Waals surface area (Å²) in [6.45, 7) is 0.494. The summed E-state index contributed by atoms with van der Waals surface area (Å²) in [5.41, 5.74) is 2.36. The summed E-state index contributed by atoms with van der Waals surface area (Å²) in [5, 5.41) is 0. The first-order chi connectivity index (χ1) is 10.8. The fourth-order valence-corrected chi connectivity index (χ4v) is 3.44. The van der Waals surface area contributed by atoms with Gasteiger partial charge < -0.3 is 0 Å². The van der Waals surface area contributed by atoms with E-state index in [1.165, 1.54) is 10.5 Å². The van der Waals surface area contributed by atoms with Gasteiger partial charge in [-0.1, -0.05) is 42.5 Å². The van der Waals surface area contributed by atoms with Crippen molar-refractivity contribution in [2.75, 3.05) is 12.3 Å². The molecule has 1 heterocycles. The van der Waals surface area contributed by atoms with Crippen LogP contribution in [0, 0.1) is 0 Å². The highest BCUT2D eigenvalue weighted by Gasteiger charge is 2.34. The second-order valence-electron chi connectivity index (χ2n) is 5.20. The Kier molecular flexibility index (Phi) is 4.59. The predicted octanol–water partition coefficient (Wildman–Crippen LogP) is 3.61. The van der Waals surface area contributed by atoms with Crippen LogP contribution in [-0.4, -0.2) is 29.0 Å². The summed E-state index contributed by atoms with van der Waals surface area (Å²) < 4.78 is 0. The summed E-state index contributed by atoms with van der Waals surface area (Å²) in [5.74, 6) is 1.58. The molecule has 1 aliphatic rings. The van der Waals surface area contributed by atoms with Crippen molar-refractivity contribution in [1.82, 2.24) is 4.90 Å². The normalized spacial score (nSPS) is 13.5. The molecule has 112 valence electrons. The quantitative estimate of drug-likeness (QED) is 0.604. The van der Waals surface area contributed by atoms with Crippen LogP contribution in [0.25, 0.3) is 0 Å². The molecule has 3 nitrogen and oxygen atoms in total. The monoisotopic (exact) mass is 311 g/mol. The number of imide groups is 1. The Labute approximate surface area is 134 Å². The maximum atomic E-state index is 12.2. The van der Waals surface area contributed by atoms with E-state index in [0.717, 1.165) is 17.9 Å². The number of amides is 2. The van der Waals surface area contributed by atoms with Crippen molar-refractivity contribution >= 4 is 23.6 Å². The molecule has 0 radical (unpaired) electrons. The van der Waals surface area contributed by atoms with E-state index in [4.69, 9.17) is 0 Å². The fraction of sp³-hybridized carbons (Fsp3) is 0.222. The minimum absolute atomic E-state index is 0.159. The van der Waals surface area contributed by atoms with Gasteiger partial charge in [-0.3, -0.25) is 14.5 Å². The second kappa shape index (κ2) is 6.79. The molecule has 0 saturated heterocycles. The van der Waals surface area contributed by atoms with Gasteiger partial charge in [0.05, 0.1) is 11.1 Å². The highest BCUT2D eigenvalue weighted by Crippen LogP contribution is 2.23. The third-order valence-corrected chi connectivity index (χ3v) is 4.77. The average Bonchev–Trinajstić information content (AvgIpc) is 2.81. The largest absolute Gasteiger partial charge is 0.274 e. The summed E-state index contributed by atoms with van der Waals surface area (Å²) in [4.78, 5) is 25.8. The van der Waals surface area contributed by atoms with Crippen LogP contribution in [-0.2, 0) is 5.75 Å². The van der Waals surface area contributed by atoms with Crippen LogP contribution in [0.2, 0.25) is 0 Å². The number of carbonyl (C=O) groups is 2. The van der Waals surface area contributed by atoms with E-state index in [2.05, 4.69) is 12.1 Å².